The Morgan fingerprint density at radius 1 is 1.29 bits per heavy atom. The van der Waals surface area contributed by atoms with E-state index in [-0.39, 0.29) is 10.7 Å². The molecule has 6 nitrogen and oxygen atoms in total. The van der Waals surface area contributed by atoms with Gasteiger partial charge in [-0.2, -0.15) is 0 Å². The topological polar surface area (TPSA) is 91.9 Å². The summed E-state index contributed by atoms with van der Waals surface area (Å²) in [5.74, 6) is 0.741. The van der Waals surface area contributed by atoms with Crippen LogP contribution in [0, 0.1) is 0 Å². The third-order valence-electron chi connectivity index (χ3n) is 3.01. The summed E-state index contributed by atoms with van der Waals surface area (Å²) >= 11 is 0. The van der Waals surface area contributed by atoms with E-state index in [1.807, 2.05) is 0 Å². The van der Waals surface area contributed by atoms with E-state index in [1.165, 1.54) is 31.2 Å². The van der Waals surface area contributed by atoms with Crippen molar-refractivity contribution >= 4 is 15.8 Å². The molecule has 0 unspecified atom stereocenters. The zero-order chi connectivity index (χ0) is 15.3. The van der Waals surface area contributed by atoms with Crippen molar-refractivity contribution in [3.05, 3.63) is 48.0 Å². The number of imidazole rings is 1. The lowest BCUT2D eigenvalue weighted by atomic mass is 10.2. The number of aryl methyl sites for hydroxylation is 1. The molecule has 0 aliphatic carbocycles. The van der Waals surface area contributed by atoms with Gasteiger partial charge < -0.3 is 4.98 Å². The number of Topliss-reactive ketones (excluding diaryl/α,β-unsaturated/α-hetero) is 1. The van der Waals surface area contributed by atoms with E-state index in [2.05, 4.69) is 14.7 Å². The summed E-state index contributed by atoms with van der Waals surface area (Å²) in [5, 5.41) is 0. The Kier molecular flexibility index (Phi) is 4.87. The van der Waals surface area contributed by atoms with Crippen LogP contribution in [0.4, 0.5) is 0 Å². The summed E-state index contributed by atoms with van der Waals surface area (Å²) in [7, 11) is -3.54. The van der Waals surface area contributed by atoms with Crippen molar-refractivity contribution in [3.63, 3.8) is 0 Å². The Balaban J connectivity index is 1.90. The normalized spacial score (nSPS) is 11.5. The lowest BCUT2D eigenvalue weighted by Crippen LogP contribution is -2.25. The number of ketones is 1. The van der Waals surface area contributed by atoms with Gasteiger partial charge in [-0.25, -0.2) is 18.1 Å². The van der Waals surface area contributed by atoms with E-state index in [0.29, 0.717) is 24.9 Å². The largest absolute Gasteiger partial charge is 0.349 e. The lowest BCUT2D eigenvalue weighted by Gasteiger charge is -2.06. The first-order chi connectivity index (χ1) is 9.99. The number of carbonyl (C=O) groups excluding carboxylic acids is 1. The van der Waals surface area contributed by atoms with Crippen molar-refractivity contribution in [1.29, 1.82) is 0 Å². The Morgan fingerprint density at radius 2 is 2.00 bits per heavy atom. The van der Waals surface area contributed by atoms with E-state index < -0.39 is 10.0 Å². The minimum atomic E-state index is -3.54. The van der Waals surface area contributed by atoms with Crippen LogP contribution in [0.3, 0.4) is 0 Å². The van der Waals surface area contributed by atoms with Crippen LogP contribution in [0.25, 0.3) is 0 Å². The maximum atomic E-state index is 12.1. The van der Waals surface area contributed by atoms with E-state index in [1.54, 1.807) is 12.4 Å². The number of nitrogens with one attached hydrogen (secondary N) is 2. The van der Waals surface area contributed by atoms with Gasteiger partial charge in [0.05, 0.1) is 4.90 Å². The summed E-state index contributed by atoms with van der Waals surface area (Å²) in [4.78, 5) is 18.3. The number of hydrogen-bond acceptors (Lipinski definition) is 4. The van der Waals surface area contributed by atoms with Gasteiger partial charge >= 0.3 is 0 Å². The first kappa shape index (κ1) is 15.4. The molecule has 0 spiro atoms. The molecule has 7 heteroatoms. The number of nitrogens with zero attached hydrogens (tertiary/aromatic N) is 1. The Morgan fingerprint density at radius 3 is 2.57 bits per heavy atom. The molecule has 2 N–H and O–H groups in total. The predicted octanol–water partition coefficient (Wildman–Crippen LogP) is 1.52. The lowest BCUT2D eigenvalue weighted by molar-refractivity contribution is 0.101. The average molecular weight is 307 g/mol. The third kappa shape index (κ3) is 4.24. The molecular formula is C14H17N3O3S. The fourth-order valence-corrected chi connectivity index (χ4v) is 2.92. The second kappa shape index (κ2) is 6.64. The highest BCUT2D eigenvalue weighted by Gasteiger charge is 2.13. The van der Waals surface area contributed by atoms with E-state index >= 15 is 0 Å². The highest BCUT2D eigenvalue weighted by Crippen LogP contribution is 2.11. The Labute approximate surface area is 123 Å². The molecule has 0 saturated heterocycles. The van der Waals surface area contributed by atoms with Gasteiger partial charge in [0.15, 0.2) is 5.78 Å². The summed E-state index contributed by atoms with van der Waals surface area (Å²) < 4.78 is 26.6. The zero-order valence-electron chi connectivity index (χ0n) is 11.7. The average Bonchev–Trinajstić information content (AvgIpc) is 2.97. The molecule has 0 aliphatic heterocycles. The van der Waals surface area contributed by atoms with Crippen molar-refractivity contribution in [3.8, 4) is 0 Å². The number of hydrogen-bond donors (Lipinski definition) is 2. The minimum Gasteiger partial charge on any atom is -0.349 e. The highest BCUT2D eigenvalue weighted by atomic mass is 32.2. The maximum Gasteiger partial charge on any atom is 0.240 e. The number of aromatic nitrogens is 2. The zero-order valence-corrected chi connectivity index (χ0v) is 12.5. The van der Waals surface area contributed by atoms with Crippen LogP contribution in [0.5, 0.6) is 0 Å². The number of benzene rings is 1. The molecule has 0 fully saturated rings. The van der Waals surface area contributed by atoms with Gasteiger partial charge in [-0.15, -0.1) is 0 Å². The molecule has 0 atom stereocenters. The Hall–Kier alpha value is -1.99. The summed E-state index contributed by atoms with van der Waals surface area (Å²) in [6.07, 6.45) is 4.73. The molecule has 1 aromatic heterocycles. The smallest absolute Gasteiger partial charge is 0.240 e. The molecule has 0 bridgehead atoms. The van der Waals surface area contributed by atoms with Crippen molar-refractivity contribution in [1.82, 2.24) is 14.7 Å². The number of H-pyrrole nitrogens is 1. The standard InChI is InChI=1S/C14H17N3O3S/c1-11(18)12-4-6-13(7-5-12)21(19,20)17-8-2-3-14-15-9-10-16-14/h4-7,9-10,17H,2-3,8H2,1H3,(H,15,16). The van der Waals surface area contributed by atoms with Crippen molar-refractivity contribution in [2.24, 2.45) is 0 Å². The van der Waals surface area contributed by atoms with Crippen LogP contribution in [0.2, 0.25) is 0 Å². The molecule has 0 aliphatic rings. The second-order valence-corrected chi connectivity index (χ2v) is 6.38. The van der Waals surface area contributed by atoms with E-state index in [9.17, 15) is 13.2 Å². The van der Waals surface area contributed by atoms with Gasteiger partial charge in [0, 0.05) is 30.9 Å². The van der Waals surface area contributed by atoms with Gasteiger partial charge in [0.1, 0.15) is 5.82 Å². The SMILES string of the molecule is CC(=O)c1ccc(S(=O)(=O)NCCCc2ncc[nH]2)cc1. The molecule has 0 saturated carbocycles. The molecule has 21 heavy (non-hydrogen) atoms. The summed E-state index contributed by atoms with van der Waals surface area (Å²) in [6.45, 7) is 1.77. The molecule has 1 heterocycles. The monoisotopic (exact) mass is 307 g/mol. The van der Waals surface area contributed by atoms with E-state index in [4.69, 9.17) is 0 Å². The van der Waals surface area contributed by atoms with Crippen LogP contribution in [0.1, 0.15) is 29.5 Å². The Bertz CT molecular complexity index is 692. The van der Waals surface area contributed by atoms with Gasteiger partial charge in [-0.1, -0.05) is 12.1 Å². The number of sulfonamides is 1. The molecule has 2 rings (SSSR count). The molecule has 0 amide bonds. The number of aromatic amines is 1. The van der Waals surface area contributed by atoms with E-state index in [0.717, 1.165) is 5.82 Å². The summed E-state index contributed by atoms with van der Waals surface area (Å²) in [5.41, 5.74) is 0.492. The van der Waals surface area contributed by atoms with Crippen molar-refractivity contribution in [2.75, 3.05) is 6.54 Å². The van der Waals surface area contributed by atoms with Crippen LogP contribution < -0.4 is 4.72 Å². The molecule has 0 radical (unpaired) electrons. The summed E-state index contributed by atoms with van der Waals surface area (Å²) in [6, 6.07) is 5.90. The molecule has 112 valence electrons. The van der Waals surface area contributed by atoms with Crippen LogP contribution in [-0.2, 0) is 16.4 Å². The number of rotatable bonds is 7. The highest BCUT2D eigenvalue weighted by molar-refractivity contribution is 7.89. The molecule has 1 aromatic carbocycles. The predicted molar refractivity (Wildman–Crippen MR) is 78.5 cm³/mol. The fraction of sp³-hybridized carbons (Fsp3) is 0.286. The quantitative estimate of drug-likeness (QED) is 0.599. The second-order valence-electron chi connectivity index (χ2n) is 4.62. The van der Waals surface area contributed by atoms with Crippen molar-refractivity contribution < 1.29 is 13.2 Å². The fourth-order valence-electron chi connectivity index (χ4n) is 1.85. The van der Waals surface area contributed by atoms with Crippen molar-refractivity contribution in [2.45, 2.75) is 24.7 Å². The first-order valence-corrected chi connectivity index (χ1v) is 8.06. The van der Waals surface area contributed by atoms with Crippen LogP contribution >= 0.6 is 0 Å². The minimum absolute atomic E-state index is 0.0923. The maximum absolute atomic E-state index is 12.1. The molecule has 2 aromatic rings. The van der Waals surface area contributed by atoms with Gasteiger partial charge in [0.2, 0.25) is 10.0 Å². The third-order valence-corrected chi connectivity index (χ3v) is 4.49. The van der Waals surface area contributed by atoms with Crippen LogP contribution in [-0.4, -0.2) is 30.7 Å². The first-order valence-electron chi connectivity index (χ1n) is 6.58. The van der Waals surface area contributed by atoms with Gasteiger partial charge in [0.25, 0.3) is 0 Å². The van der Waals surface area contributed by atoms with Gasteiger partial charge in [-0.05, 0) is 25.5 Å². The number of carbonyl (C=O) groups is 1. The van der Waals surface area contributed by atoms with Gasteiger partial charge in [-0.3, -0.25) is 4.79 Å². The van der Waals surface area contributed by atoms with Crippen LogP contribution in [0.15, 0.2) is 41.6 Å². The molecular weight excluding hydrogens is 290 g/mol.